The van der Waals surface area contributed by atoms with E-state index in [1.54, 1.807) is 7.11 Å². The lowest BCUT2D eigenvalue weighted by Crippen LogP contribution is -2.26. The van der Waals surface area contributed by atoms with Crippen molar-refractivity contribution in [2.45, 2.75) is 25.7 Å². The van der Waals surface area contributed by atoms with Gasteiger partial charge in [0.1, 0.15) is 0 Å². The molecule has 0 aromatic carbocycles. The van der Waals surface area contributed by atoms with Crippen LogP contribution in [0.4, 0.5) is 0 Å². The van der Waals surface area contributed by atoms with E-state index >= 15 is 0 Å². The van der Waals surface area contributed by atoms with Crippen LogP contribution in [0, 0.1) is 5.92 Å². The zero-order chi connectivity index (χ0) is 13.1. The third-order valence-corrected chi connectivity index (χ3v) is 3.29. The molecule has 1 fully saturated rings. The molecule has 0 amide bonds. The zero-order valence-electron chi connectivity index (χ0n) is 12.1. The number of nitrogens with one attached hydrogen (secondary N) is 1. The van der Waals surface area contributed by atoms with E-state index in [1.807, 2.05) is 0 Å². The molecule has 0 aliphatic heterocycles. The van der Waals surface area contributed by atoms with Gasteiger partial charge in [0, 0.05) is 26.8 Å². The largest absolute Gasteiger partial charge is 0.383 e. The van der Waals surface area contributed by atoms with E-state index in [0.29, 0.717) is 0 Å². The first-order valence-corrected chi connectivity index (χ1v) is 7.29. The Kier molecular flexibility index (Phi) is 9.48. The number of ether oxygens (including phenoxy) is 2. The third kappa shape index (κ3) is 9.83. The topological polar surface area (TPSA) is 33.7 Å². The van der Waals surface area contributed by atoms with Gasteiger partial charge in [-0.2, -0.15) is 0 Å². The smallest absolute Gasteiger partial charge is 0.0593 e. The predicted octanol–water partition coefficient (Wildman–Crippen LogP) is 1.36. The number of methoxy groups -OCH3 is 1. The average Bonchev–Trinajstić information content (AvgIpc) is 3.18. The molecule has 4 heteroatoms. The maximum absolute atomic E-state index is 5.63. The van der Waals surface area contributed by atoms with Gasteiger partial charge in [-0.3, -0.25) is 0 Å². The van der Waals surface area contributed by atoms with Gasteiger partial charge in [-0.05, 0) is 51.7 Å². The third-order valence-electron chi connectivity index (χ3n) is 3.29. The summed E-state index contributed by atoms with van der Waals surface area (Å²) in [4.78, 5) is 2.36. The molecule has 108 valence electrons. The molecular formula is C14H30N2O2. The lowest BCUT2D eigenvalue weighted by molar-refractivity contribution is 0.103. The van der Waals surface area contributed by atoms with Crippen molar-refractivity contribution in [1.82, 2.24) is 10.2 Å². The number of hydrogen-bond acceptors (Lipinski definition) is 4. The Labute approximate surface area is 112 Å². The minimum Gasteiger partial charge on any atom is -0.383 e. The zero-order valence-corrected chi connectivity index (χ0v) is 12.1. The summed E-state index contributed by atoms with van der Waals surface area (Å²) in [5.41, 5.74) is 0. The highest BCUT2D eigenvalue weighted by molar-refractivity contribution is 4.71. The van der Waals surface area contributed by atoms with Crippen molar-refractivity contribution < 1.29 is 9.47 Å². The molecule has 4 nitrogen and oxygen atoms in total. The molecule has 0 bridgehead atoms. The molecule has 0 aromatic rings. The quantitative estimate of drug-likeness (QED) is 0.506. The monoisotopic (exact) mass is 258 g/mol. The lowest BCUT2D eigenvalue weighted by Gasteiger charge is -2.16. The van der Waals surface area contributed by atoms with E-state index in [4.69, 9.17) is 9.47 Å². The molecule has 1 aliphatic carbocycles. The van der Waals surface area contributed by atoms with Gasteiger partial charge in [-0.15, -0.1) is 0 Å². The van der Waals surface area contributed by atoms with E-state index in [9.17, 15) is 0 Å². The molecular weight excluding hydrogens is 228 g/mol. The second-order valence-electron chi connectivity index (χ2n) is 5.27. The van der Waals surface area contributed by atoms with Crippen molar-refractivity contribution in [3.05, 3.63) is 0 Å². The molecule has 1 aliphatic rings. The summed E-state index contributed by atoms with van der Waals surface area (Å²) in [7, 11) is 3.92. The van der Waals surface area contributed by atoms with Gasteiger partial charge in [-0.25, -0.2) is 0 Å². The fraction of sp³-hybridized carbons (Fsp3) is 1.00. The average molecular weight is 258 g/mol. The van der Waals surface area contributed by atoms with Crippen molar-refractivity contribution in [1.29, 1.82) is 0 Å². The van der Waals surface area contributed by atoms with Crippen LogP contribution in [0.2, 0.25) is 0 Å². The van der Waals surface area contributed by atoms with E-state index in [2.05, 4.69) is 17.3 Å². The van der Waals surface area contributed by atoms with Gasteiger partial charge in [0.25, 0.3) is 0 Å². The fourth-order valence-electron chi connectivity index (χ4n) is 1.80. The number of hydrogen-bond donors (Lipinski definition) is 1. The molecule has 1 saturated carbocycles. The Bertz CT molecular complexity index is 187. The summed E-state index contributed by atoms with van der Waals surface area (Å²) >= 11 is 0. The first-order chi connectivity index (χ1) is 8.83. The highest BCUT2D eigenvalue weighted by Gasteiger charge is 2.20. The SMILES string of the molecule is COCCNCCCCN(C)CCOCC1CC1. The minimum absolute atomic E-state index is 0.804. The van der Waals surface area contributed by atoms with Crippen LogP contribution in [-0.2, 0) is 9.47 Å². The summed E-state index contributed by atoms with van der Waals surface area (Å²) in [5.74, 6) is 0.883. The van der Waals surface area contributed by atoms with E-state index in [0.717, 1.165) is 45.4 Å². The van der Waals surface area contributed by atoms with Crippen LogP contribution in [0.25, 0.3) is 0 Å². The highest BCUT2D eigenvalue weighted by atomic mass is 16.5. The van der Waals surface area contributed by atoms with Crippen LogP contribution in [0.5, 0.6) is 0 Å². The van der Waals surface area contributed by atoms with Gasteiger partial charge in [0.15, 0.2) is 0 Å². The van der Waals surface area contributed by atoms with Crippen LogP contribution < -0.4 is 5.32 Å². The number of nitrogens with zero attached hydrogens (tertiary/aromatic N) is 1. The Hall–Kier alpha value is -0.160. The molecule has 0 heterocycles. The lowest BCUT2D eigenvalue weighted by atomic mass is 10.3. The molecule has 1 rings (SSSR count). The summed E-state index contributed by atoms with van der Waals surface area (Å²) < 4.78 is 10.6. The van der Waals surface area contributed by atoms with Crippen molar-refractivity contribution in [2.75, 3.05) is 60.2 Å². The predicted molar refractivity (Wildman–Crippen MR) is 75.0 cm³/mol. The van der Waals surface area contributed by atoms with Gasteiger partial charge >= 0.3 is 0 Å². The second-order valence-corrected chi connectivity index (χ2v) is 5.27. The Morgan fingerprint density at radius 3 is 2.67 bits per heavy atom. The second kappa shape index (κ2) is 10.7. The molecule has 0 saturated heterocycles. The van der Waals surface area contributed by atoms with E-state index in [1.165, 1.54) is 32.2 Å². The van der Waals surface area contributed by atoms with Crippen LogP contribution in [0.1, 0.15) is 25.7 Å². The van der Waals surface area contributed by atoms with Gasteiger partial charge in [0.05, 0.1) is 13.2 Å². The minimum atomic E-state index is 0.804. The fourth-order valence-corrected chi connectivity index (χ4v) is 1.80. The molecule has 0 unspecified atom stereocenters. The molecule has 0 radical (unpaired) electrons. The molecule has 18 heavy (non-hydrogen) atoms. The standard InChI is InChI=1S/C14H30N2O2/c1-16(10-12-18-13-14-5-6-14)9-4-3-7-15-8-11-17-2/h14-15H,3-13H2,1-2H3. The number of unbranched alkanes of at least 4 members (excludes halogenated alkanes) is 1. The highest BCUT2D eigenvalue weighted by Crippen LogP contribution is 2.28. The summed E-state index contributed by atoms with van der Waals surface area (Å²) in [6.07, 6.45) is 5.24. The Morgan fingerprint density at radius 1 is 1.11 bits per heavy atom. The number of likely N-dealkylation sites (N-methyl/N-ethyl adjacent to an activating group) is 1. The van der Waals surface area contributed by atoms with Crippen LogP contribution >= 0.6 is 0 Å². The van der Waals surface area contributed by atoms with Crippen molar-refractivity contribution in [2.24, 2.45) is 5.92 Å². The van der Waals surface area contributed by atoms with Crippen LogP contribution in [-0.4, -0.2) is 65.1 Å². The van der Waals surface area contributed by atoms with Crippen molar-refractivity contribution in [3.8, 4) is 0 Å². The van der Waals surface area contributed by atoms with Gasteiger partial charge < -0.3 is 19.7 Å². The molecule has 0 aromatic heterocycles. The van der Waals surface area contributed by atoms with Crippen LogP contribution in [0.15, 0.2) is 0 Å². The Morgan fingerprint density at radius 2 is 1.94 bits per heavy atom. The molecule has 1 N–H and O–H groups in total. The summed E-state index contributed by atoms with van der Waals surface area (Å²) in [5, 5.41) is 3.36. The molecule has 0 atom stereocenters. The normalized spacial score (nSPS) is 15.5. The van der Waals surface area contributed by atoms with Gasteiger partial charge in [0.2, 0.25) is 0 Å². The van der Waals surface area contributed by atoms with Crippen molar-refractivity contribution in [3.63, 3.8) is 0 Å². The van der Waals surface area contributed by atoms with Crippen LogP contribution in [0.3, 0.4) is 0 Å². The first kappa shape index (κ1) is 15.9. The maximum Gasteiger partial charge on any atom is 0.0593 e. The Balaban J connectivity index is 1.73. The first-order valence-electron chi connectivity index (χ1n) is 7.29. The summed E-state index contributed by atoms with van der Waals surface area (Å²) in [6.45, 7) is 6.95. The maximum atomic E-state index is 5.63. The number of rotatable bonds is 13. The van der Waals surface area contributed by atoms with Gasteiger partial charge in [-0.1, -0.05) is 0 Å². The summed E-state index contributed by atoms with van der Waals surface area (Å²) in [6, 6.07) is 0. The van der Waals surface area contributed by atoms with E-state index < -0.39 is 0 Å². The molecule has 0 spiro atoms. The van der Waals surface area contributed by atoms with Crippen molar-refractivity contribution >= 4 is 0 Å². The van der Waals surface area contributed by atoms with E-state index in [-0.39, 0.29) is 0 Å².